The van der Waals surface area contributed by atoms with Crippen molar-refractivity contribution < 1.29 is 4.74 Å². The SMILES string of the molecule is Cc1cn(CC#N)c(COCC[Si](C)(C)C)n1. The van der Waals surface area contributed by atoms with E-state index in [9.17, 15) is 0 Å². The summed E-state index contributed by atoms with van der Waals surface area (Å²) in [6, 6.07) is 3.28. The lowest BCUT2D eigenvalue weighted by atomic mass is 10.5. The Balaban J connectivity index is 2.44. The summed E-state index contributed by atoms with van der Waals surface area (Å²) >= 11 is 0. The van der Waals surface area contributed by atoms with Crippen molar-refractivity contribution in [3.63, 3.8) is 0 Å². The molecule has 0 spiro atoms. The van der Waals surface area contributed by atoms with E-state index in [1.807, 2.05) is 17.7 Å². The molecule has 17 heavy (non-hydrogen) atoms. The van der Waals surface area contributed by atoms with E-state index in [1.54, 1.807) is 0 Å². The van der Waals surface area contributed by atoms with Gasteiger partial charge >= 0.3 is 0 Å². The predicted molar refractivity (Wildman–Crippen MR) is 70.4 cm³/mol. The molecule has 1 aromatic heterocycles. The van der Waals surface area contributed by atoms with Crippen LogP contribution in [0, 0.1) is 18.3 Å². The van der Waals surface area contributed by atoms with Crippen LogP contribution in [0.1, 0.15) is 11.5 Å². The molecule has 1 rings (SSSR count). The van der Waals surface area contributed by atoms with Gasteiger partial charge in [0, 0.05) is 20.9 Å². The van der Waals surface area contributed by atoms with Crippen LogP contribution < -0.4 is 0 Å². The van der Waals surface area contributed by atoms with Crippen LogP contribution in [0.2, 0.25) is 25.7 Å². The van der Waals surface area contributed by atoms with Crippen molar-refractivity contribution in [2.24, 2.45) is 0 Å². The van der Waals surface area contributed by atoms with Crippen molar-refractivity contribution in [3.8, 4) is 6.07 Å². The minimum Gasteiger partial charge on any atom is -0.374 e. The Morgan fingerprint density at radius 2 is 2.18 bits per heavy atom. The molecular formula is C12H21N3OSi. The molecule has 4 nitrogen and oxygen atoms in total. The summed E-state index contributed by atoms with van der Waals surface area (Å²) < 4.78 is 7.49. The van der Waals surface area contributed by atoms with Crippen LogP contribution in [0.3, 0.4) is 0 Å². The summed E-state index contributed by atoms with van der Waals surface area (Å²) in [5.41, 5.74) is 0.934. The van der Waals surface area contributed by atoms with Gasteiger partial charge in [-0.3, -0.25) is 0 Å². The van der Waals surface area contributed by atoms with Crippen molar-refractivity contribution in [1.82, 2.24) is 9.55 Å². The van der Waals surface area contributed by atoms with Crippen molar-refractivity contribution >= 4 is 8.07 Å². The molecule has 0 bridgehead atoms. The minimum atomic E-state index is -1.02. The molecule has 0 N–H and O–H groups in total. The van der Waals surface area contributed by atoms with Gasteiger partial charge in [0.2, 0.25) is 0 Å². The molecular weight excluding hydrogens is 230 g/mol. The highest BCUT2D eigenvalue weighted by molar-refractivity contribution is 6.76. The maximum atomic E-state index is 8.70. The zero-order valence-corrected chi connectivity index (χ0v) is 12.2. The van der Waals surface area contributed by atoms with Gasteiger partial charge in [-0.1, -0.05) is 19.6 Å². The van der Waals surface area contributed by atoms with Crippen molar-refractivity contribution in [3.05, 3.63) is 17.7 Å². The van der Waals surface area contributed by atoms with E-state index in [0.717, 1.165) is 24.2 Å². The number of ether oxygens (including phenoxy) is 1. The van der Waals surface area contributed by atoms with Crippen LogP contribution in [0.5, 0.6) is 0 Å². The third-order valence-electron chi connectivity index (χ3n) is 2.45. The zero-order valence-electron chi connectivity index (χ0n) is 11.2. The van der Waals surface area contributed by atoms with E-state index >= 15 is 0 Å². The number of aromatic nitrogens is 2. The second-order valence-electron chi connectivity index (χ2n) is 5.45. The van der Waals surface area contributed by atoms with Crippen LogP contribution in [0.4, 0.5) is 0 Å². The van der Waals surface area contributed by atoms with Gasteiger partial charge < -0.3 is 9.30 Å². The molecule has 5 heteroatoms. The number of hydrogen-bond donors (Lipinski definition) is 0. The Kier molecular flexibility index (Phi) is 4.91. The first-order valence-electron chi connectivity index (χ1n) is 5.90. The number of aryl methyl sites for hydroxylation is 1. The lowest BCUT2D eigenvalue weighted by Crippen LogP contribution is -2.21. The van der Waals surface area contributed by atoms with Crippen LogP contribution in [-0.2, 0) is 17.9 Å². The highest BCUT2D eigenvalue weighted by Crippen LogP contribution is 2.09. The fraction of sp³-hybridized carbons (Fsp3) is 0.667. The fourth-order valence-electron chi connectivity index (χ4n) is 1.47. The molecule has 0 saturated carbocycles. The van der Waals surface area contributed by atoms with E-state index in [2.05, 4.69) is 30.7 Å². The van der Waals surface area contributed by atoms with Gasteiger partial charge in [0.25, 0.3) is 0 Å². The first-order chi connectivity index (χ1) is 7.92. The number of nitriles is 1. The van der Waals surface area contributed by atoms with Crippen LogP contribution in [-0.4, -0.2) is 24.2 Å². The molecule has 0 fully saturated rings. The summed E-state index contributed by atoms with van der Waals surface area (Å²) in [7, 11) is -1.02. The Labute approximate surface area is 104 Å². The molecule has 0 aromatic carbocycles. The quantitative estimate of drug-likeness (QED) is 0.577. The molecule has 0 aliphatic rings. The van der Waals surface area contributed by atoms with E-state index in [-0.39, 0.29) is 0 Å². The molecule has 0 radical (unpaired) electrons. The topological polar surface area (TPSA) is 50.8 Å². The molecule has 0 aliphatic carbocycles. The maximum absolute atomic E-state index is 8.70. The number of hydrogen-bond acceptors (Lipinski definition) is 3. The maximum Gasteiger partial charge on any atom is 0.136 e. The second kappa shape index (κ2) is 5.99. The van der Waals surface area contributed by atoms with E-state index in [0.29, 0.717) is 13.2 Å². The van der Waals surface area contributed by atoms with Crippen molar-refractivity contribution in [2.75, 3.05) is 6.61 Å². The summed E-state index contributed by atoms with van der Waals surface area (Å²) in [5, 5.41) is 8.70. The molecule has 1 heterocycles. The Morgan fingerprint density at radius 3 is 2.76 bits per heavy atom. The fourth-order valence-corrected chi connectivity index (χ4v) is 2.22. The van der Waals surface area contributed by atoms with Crippen LogP contribution in [0.15, 0.2) is 6.20 Å². The standard InChI is InChI=1S/C12H21N3OSi/c1-11-9-15(6-5-13)12(14-11)10-16-7-8-17(2,3)4/h9H,6-8,10H2,1-4H3. The monoisotopic (exact) mass is 251 g/mol. The average Bonchev–Trinajstić information content (AvgIpc) is 2.53. The average molecular weight is 251 g/mol. The Bertz CT molecular complexity index is 401. The molecule has 0 unspecified atom stereocenters. The smallest absolute Gasteiger partial charge is 0.136 e. The lowest BCUT2D eigenvalue weighted by Gasteiger charge is -2.15. The van der Waals surface area contributed by atoms with Gasteiger partial charge in [0.05, 0.1) is 11.8 Å². The first-order valence-corrected chi connectivity index (χ1v) is 9.60. The largest absolute Gasteiger partial charge is 0.374 e. The summed E-state index contributed by atoms with van der Waals surface area (Å²) in [4.78, 5) is 4.36. The van der Waals surface area contributed by atoms with Gasteiger partial charge in [-0.25, -0.2) is 4.98 Å². The zero-order chi connectivity index (χ0) is 12.9. The molecule has 94 valence electrons. The van der Waals surface area contributed by atoms with Gasteiger partial charge in [0.15, 0.2) is 0 Å². The number of nitrogens with zero attached hydrogens (tertiary/aromatic N) is 3. The molecule has 0 saturated heterocycles. The third kappa shape index (κ3) is 5.15. The van der Waals surface area contributed by atoms with Gasteiger partial charge in [-0.15, -0.1) is 0 Å². The van der Waals surface area contributed by atoms with Crippen LogP contribution >= 0.6 is 0 Å². The highest BCUT2D eigenvalue weighted by atomic mass is 28.3. The third-order valence-corrected chi connectivity index (χ3v) is 4.15. The summed E-state index contributed by atoms with van der Waals surface area (Å²) in [5.74, 6) is 0.847. The van der Waals surface area contributed by atoms with Gasteiger partial charge in [-0.2, -0.15) is 5.26 Å². The second-order valence-corrected chi connectivity index (χ2v) is 11.1. The molecule has 0 atom stereocenters. The summed E-state index contributed by atoms with van der Waals surface area (Å²) in [6.07, 6.45) is 1.89. The molecule has 0 amide bonds. The predicted octanol–water partition coefficient (Wildman–Crippen LogP) is 2.57. The van der Waals surface area contributed by atoms with Gasteiger partial charge in [-0.05, 0) is 13.0 Å². The molecule has 0 aliphatic heterocycles. The highest BCUT2D eigenvalue weighted by Gasteiger charge is 2.12. The number of rotatable bonds is 6. The normalized spacial score (nSPS) is 11.5. The van der Waals surface area contributed by atoms with Crippen molar-refractivity contribution in [2.45, 2.75) is 45.8 Å². The lowest BCUT2D eigenvalue weighted by molar-refractivity contribution is 0.125. The van der Waals surface area contributed by atoms with E-state index in [4.69, 9.17) is 10.00 Å². The first kappa shape index (κ1) is 13.9. The Hall–Kier alpha value is -1.12. The van der Waals surface area contributed by atoms with Crippen molar-refractivity contribution in [1.29, 1.82) is 5.26 Å². The van der Waals surface area contributed by atoms with Crippen LogP contribution in [0.25, 0.3) is 0 Å². The molecule has 1 aromatic rings. The summed E-state index contributed by atoms with van der Waals surface area (Å²) in [6.45, 7) is 10.5. The minimum absolute atomic E-state index is 0.341. The van der Waals surface area contributed by atoms with E-state index in [1.165, 1.54) is 0 Å². The van der Waals surface area contributed by atoms with E-state index < -0.39 is 8.07 Å². The Morgan fingerprint density at radius 1 is 1.47 bits per heavy atom. The van der Waals surface area contributed by atoms with Gasteiger partial charge in [0.1, 0.15) is 19.0 Å². The number of imidazole rings is 1.